The number of fused-ring (bicyclic) bond motifs is 3. The van der Waals surface area contributed by atoms with E-state index in [1.54, 1.807) is 0 Å². The predicted octanol–water partition coefficient (Wildman–Crippen LogP) is 7.32. The van der Waals surface area contributed by atoms with Gasteiger partial charge in [-0.05, 0) is 60.9 Å². The number of rotatable bonds is 4. The Bertz CT molecular complexity index is 1200. The third-order valence-electron chi connectivity index (χ3n) is 5.08. The van der Waals surface area contributed by atoms with Crippen molar-refractivity contribution in [3.63, 3.8) is 0 Å². The number of nitrogens with zero attached hydrogens (tertiary/aromatic N) is 1. The first-order valence-corrected chi connectivity index (χ1v) is 9.18. The fraction of sp³-hybridized carbons (Fsp3) is 0.0769. The highest BCUT2D eigenvalue weighted by Gasteiger charge is 2.12. The molecule has 0 aliphatic carbocycles. The SMILES string of the molecule is C=C(C)C(=C)/C=C(\C)c1ccc2c(c1)c1ccccc1n2-c1ccccc1. The quantitative estimate of drug-likeness (QED) is 0.340. The molecule has 0 aliphatic heterocycles. The van der Waals surface area contributed by atoms with Gasteiger partial charge in [-0.1, -0.05) is 67.3 Å². The van der Waals surface area contributed by atoms with Crippen LogP contribution in [-0.2, 0) is 0 Å². The monoisotopic (exact) mass is 349 g/mol. The normalized spacial score (nSPS) is 11.9. The molecule has 27 heavy (non-hydrogen) atoms. The first-order chi connectivity index (χ1) is 13.1. The maximum atomic E-state index is 4.10. The summed E-state index contributed by atoms with van der Waals surface area (Å²) >= 11 is 0. The van der Waals surface area contributed by atoms with Gasteiger partial charge in [0, 0.05) is 16.5 Å². The first kappa shape index (κ1) is 17.1. The Labute approximate surface area is 160 Å². The highest BCUT2D eigenvalue weighted by molar-refractivity contribution is 6.10. The molecule has 0 unspecified atom stereocenters. The van der Waals surface area contributed by atoms with Crippen molar-refractivity contribution in [1.29, 1.82) is 0 Å². The second-order valence-corrected chi connectivity index (χ2v) is 7.05. The molecule has 132 valence electrons. The summed E-state index contributed by atoms with van der Waals surface area (Å²) in [6, 6.07) is 25.8. The number of hydrogen-bond donors (Lipinski definition) is 0. The lowest BCUT2D eigenvalue weighted by Gasteiger charge is -2.08. The van der Waals surface area contributed by atoms with Crippen LogP contribution in [-0.4, -0.2) is 4.57 Å². The standard InChI is InChI=1S/C26H23N/c1-18(2)19(3)16-20(4)21-14-15-26-24(17-21)23-12-8-9-13-25(23)27(26)22-10-6-5-7-11-22/h5-17H,1,3H2,2,4H3/b20-16+. The Kier molecular flexibility index (Phi) is 4.29. The van der Waals surface area contributed by atoms with Crippen molar-refractivity contribution in [3.05, 3.63) is 109 Å². The lowest BCUT2D eigenvalue weighted by molar-refractivity contribution is 1.18. The van der Waals surface area contributed by atoms with E-state index < -0.39 is 0 Å². The van der Waals surface area contributed by atoms with Crippen molar-refractivity contribution in [3.8, 4) is 5.69 Å². The zero-order chi connectivity index (χ0) is 19.0. The summed E-state index contributed by atoms with van der Waals surface area (Å²) in [6.45, 7) is 12.2. The van der Waals surface area contributed by atoms with E-state index in [0.29, 0.717) is 0 Å². The van der Waals surface area contributed by atoms with E-state index in [4.69, 9.17) is 0 Å². The molecule has 0 N–H and O–H groups in total. The number of para-hydroxylation sites is 2. The zero-order valence-corrected chi connectivity index (χ0v) is 15.9. The van der Waals surface area contributed by atoms with Crippen LogP contribution in [0.25, 0.3) is 33.1 Å². The van der Waals surface area contributed by atoms with E-state index in [1.807, 2.05) is 6.92 Å². The Hall–Kier alpha value is -3.32. The third kappa shape index (κ3) is 3.02. The molecule has 0 bridgehead atoms. The van der Waals surface area contributed by atoms with E-state index in [0.717, 1.165) is 11.1 Å². The van der Waals surface area contributed by atoms with Gasteiger partial charge >= 0.3 is 0 Å². The van der Waals surface area contributed by atoms with E-state index >= 15 is 0 Å². The second-order valence-electron chi connectivity index (χ2n) is 7.05. The van der Waals surface area contributed by atoms with Crippen LogP contribution in [0.4, 0.5) is 0 Å². The summed E-state index contributed by atoms with van der Waals surface area (Å²) in [6.07, 6.45) is 2.11. The summed E-state index contributed by atoms with van der Waals surface area (Å²) in [5, 5.41) is 2.53. The molecule has 3 aromatic carbocycles. The lowest BCUT2D eigenvalue weighted by Crippen LogP contribution is -1.93. The number of allylic oxidation sites excluding steroid dienone is 4. The molecular weight excluding hydrogens is 326 g/mol. The smallest absolute Gasteiger partial charge is 0.0541 e. The molecule has 4 rings (SSSR count). The Balaban J connectivity index is 1.97. The molecule has 0 saturated heterocycles. The van der Waals surface area contributed by atoms with Gasteiger partial charge in [0.1, 0.15) is 0 Å². The number of hydrogen-bond acceptors (Lipinski definition) is 0. The van der Waals surface area contributed by atoms with Gasteiger partial charge in [0.2, 0.25) is 0 Å². The summed E-state index contributed by atoms with van der Waals surface area (Å²) in [4.78, 5) is 0. The highest BCUT2D eigenvalue weighted by atomic mass is 15.0. The topological polar surface area (TPSA) is 4.93 Å². The van der Waals surface area contributed by atoms with Crippen LogP contribution in [0.3, 0.4) is 0 Å². The van der Waals surface area contributed by atoms with E-state index in [9.17, 15) is 0 Å². The second kappa shape index (κ2) is 6.77. The molecule has 0 spiro atoms. The van der Waals surface area contributed by atoms with E-state index in [2.05, 4.69) is 104 Å². The van der Waals surface area contributed by atoms with Crippen molar-refractivity contribution >= 4 is 27.4 Å². The summed E-state index contributed by atoms with van der Waals surface area (Å²) in [5.41, 5.74) is 8.00. The van der Waals surface area contributed by atoms with Crippen LogP contribution in [0.2, 0.25) is 0 Å². The average molecular weight is 349 g/mol. The summed E-state index contributed by atoms with van der Waals surface area (Å²) < 4.78 is 2.33. The maximum Gasteiger partial charge on any atom is 0.0541 e. The minimum absolute atomic E-state index is 0.972. The van der Waals surface area contributed by atoms with Crippen LogP contribution in [0.15, 0.2) is 103 Å². The van der Waals surface area contributed by atoms with Gasteiger partial charge in [-0.15, -0.1) is 0 Å². The van der Waals surface area contributed by atoms with Crippen molar-refractivity contribution in [1.82, 2.24) is 4.57 Å². The summed E-state index contributed by atoms with van der Waals surface area (Å²) in [7, 11) is 0. The van der Waals surface area contributed by atoms with Crippen molar-refractivity contribution in [2.45, 2.75) is 13.8 Å². The van der Waals surface area contributed by atoms with Gasteiger partial charge in [0.15, 0.2) is 0 Å². The fourth-order valence-electron chi connectivity index (χ4n) is 3.54. The highest BCUT2D eigenvalue weighted by Crippen LogP contribution is 2.33. The Morgan fingerprint density at radius 3 is 2.19 bits per heavy atom. The molecular formula is C26H23N. The van der Waals surface area contributed by atoms with Crippen LogP contribution >= 0.6 is 0 Å². The Morgan fingerprint density at radius 1 is 0.778 bits per heavy atom. The third-order valence-corrected chi connectivity index (χ3v) is 5.08. The molecule has 0 radical (unpaired) electrons. The molecule has 0 aliphatic rings. The van der Waals surface area contributed by atoms with Gasteiger partial charge in [-0.3, -0.25) is 0 Å². The van der Waals surface area contributed by atoms with Gasteiger partial charge < -0.3 is 4.57 Å². The fourth-order valence-corrected chi connectivity index (χ4v) is 3.54. The lowest BCUT2D eigenvalue weighted by atomic mass is 10.0. The van der Waals surface area contributed by atoms with Gasteiger partial charge in [0.25, 0.3) is 0 Å². The van der Waals surface area contributed by atoms with Crippen molar-refractivity contribution < 1.29 is 0 Å². The van der Waals surface area contributed by atoms with Gasteiger partial charge in [-0.2, -0.15) is 0 Å². The number of benzene rings is 3. The molecule has 1 heteroatoms. The first-order valence-electron chi connectivity index (χ1n) is 9.18. The molecule has 0 amide bonds. The molecule has 1 heterocycles. The summed E-state index contributed by atoms with van der Waals surface area (Å²) in [5.74, 6) is 0. The largest absolute Gasteiger partial charge is 0.309 e. The predicted molar refractivity (Wildman–Crippen MR) is 118 cm³/mol. The Morgan fingerprint density at radius 2 is 1.44 bits per heavy atom. The van der Waals surface area contributed by atoms with Gasteiger partial charge in [0.05, 0.1) is 11.0 Å². The zero-order valence-electron chi connectivity index (χ0n) is 15.9. The minimum Gasteiger partial charge on any atom is -0.309 e. The van der Waals surface area contributed by atoms with E-state index in [-0.39, 0.29) is 0 Å². The maximum absolute atomic E-state index is 4.10. The van der Waals surface area contributed by atoms with Crippen molar-refractivity contribution in [2.24, 2.45) is 0 Å². The molecule has 0 saturated carbocycles. The van der Waals surface area contributed by atoms with Crippen LogP contribution in [0, 0.1) is 0 Å². The molecule has 0 fully saturated rings. The van der Waals surface area contributed by atoms with E-state index in [1.165, 1.54) is 38.6 Å². The van der Waals surface area contributed by atoms with Crippen molar-refractivity contribution in [2.75, 3.05) is 0 Å². The minimum atomic E-state index is 0.972. The van der Waals surface area contributed by atoms with Gasteiger partial charge in [-0.25, -0.2) is 0 Å². The molecule has 1 aromatic heterocycles. The van der Waals surface area contributed by atoms with Crippen LogP contribution in [0.1, 0.15) is 19.4 Å². The number of aromatic nitrogens is 1. The van der Waals surface area contributed by atoms with Crippen LogP contribution in [0.5, 0.6) is 0 Å². The van der Waals surface area contributed by atoms with Crippen LogP contribution < -0.4 is 0 Å². The molecule has 1 nitrogen and oxygen atoms in total. The average Bonchev–Trinajstić information content (AvgIpc) is 3.02. The molecule has 4 aromatic rings. The molecule has 0 atom stereocenters.